The van der Waals surface area contributed by atoms with Crippen LogP contribution < -0.4 is 5.32 Å². The fourth-order valence-corrected chi connectivity index (χ4v) is 4.57. The van der Waals surface area contributed by atoms with Crippen LogP contribution in [-0.4, -0.2) is 32.5 Å². The fraction of sp³-hybridized carbons (Fsp3) is 0.909. The Hall–Kier alpha value is -0.600. The van der Waals surface area contributed by atoms with E-state index in [9.17, 15) is 8.42 Å². The molecule has 1 N–H and O–H groups in total. The summed E-state index contributed by atoms with van der Waals surface area (Å²) >= 11 is 0. The number of nitrogens with one attached hydrogen (secondary N) is 1. The van der Waals surface area contributed by atoms with Gasteiger partial charge < -0.3 is 5.32 Å². The van der Waals surface area contributed by atoms with E-state index < -0.39 is 9.84 Å². The Labute approximate surface area is 96.9 Å². The smallest absolute Gasteiger partial charge is 0.150 e. The van der Waals surface area contributed by atoms with E-state index in [1.807, 2.05) is 0 Å². The minimum Gasteiger partial charge on any atom is -0.312 e. The molecule has 0 aromatic rings. The average molecular weight is 242 g/mol. The maximum Gasteiger partial charge on any atom is 0.150 e. The van der Waals surface area contributed by atoms with Gasteiger partial charge in [-0.1, -0.05) is 6.42 Å². The van der Waals surface area contributed by atoms with Crippen LogP contribution in [0.1, 0.15) is 25.7 Å². The average Bonchev–Trinajstić information content (AvgIpc) is 2.81. The van der Waals surface area contributed by atoms with Crippen LogP contribution in [0.4, 0.5) is 0 Å². The molecule has 0 bridgehead atoms. The quantitative estimate of drug-likeness (QED) is 0.791. The van der Waals surface area contributed by atoms with E-state index in [0.29, 0.717) is 11.5 Å². The lowest BCUT2D eigenvalue weighted by atomic mass is 10.0. The molecule has 1 saturated heterocycles. The van der Waals surface area contributed by atoms with Crippen molar-refractivity contribution in [2.24, 2.45) is 11.8 Å². The van der Waals surface area contributed by atoms with E-state index in [4.69, 9.17) is 5.26 Å². The molecule has 5 heteroatoms. The third-order valence-corrected chi connectivity index (χ3v) is 5.51. The highest BCUT2D eigenvalue weighted by Crippen LogP contribution is 2.25. The number of nitriles is 1. The number of hydrogen-bond acceptors (Lipinski definition) is 4. The summed E-state index contributed by atoms with van der Waals surface area (Å²) in [7, 11) is -2.77. The minimum absolute atomic E-state index is 0.123. The molecule has 2 aliphatic rings. The highest BCUT2D eigenvalue weighted by Gasteiger charge is 2.31. The van der Waals surface area contributed by atoms with Crippen molar-refractivity contribution in [1.29, 1.82) is 5.26 Å². The first-order valence-electron chi connectivity index (χ1n) is 5.94. The van der Waals surface area contributed by atoms with E-state index in [2.05, 4.69) is 11.4 Å². The van der Waals surface area contributed by atoms with Gasteiger partial charge in [0.1, 0.15) is 0 Å². The summed E-state index contributed by atoms with van der Waals surface area (Å²) in [6, 6.07) is 2.61. The van der Waals surface area contributed by atoms with E-state index in [1.165, 1.54) is 0 Å². The summed E-state index contributed by atoms with van der Waals surface area (Å²) in [5.41, 5.74) is 0. The monoisotopic (exact) mass is 242 g/mol. The van der Waals surface area contributed by atoms with Gasteiger partial charge in [-0.2, -0.15) is 5.26 Å². The molecule has 0 amide bonds. The van der Waals surface area contributed by atoms with Gasteiger partial charge in [-0.3, -0.25) is 0 Å². The highest BCUT2D eigenvalue weighted by atomic mass is 32.2. The molecule has 1 aliphatic heterocycles. The topological polar surface area (TPSA) is 70.0 Å². The van der Waals surface area contributed by atoms with Crippen molar-refractivity contribution in [3.8, 4) is 6.07 Å². The number of hydrogen-bond donors (Lipinski definition) is 1. The van der Waals surface area contributed by atoms with E-state index in [1.54, 1.807) is 0 Å². The summed E-state index contributed by atoms with van der Waals surface area (Å²) in [5, 5.41) is 12.3. The molecule has 2 rings (SSSR count). The highest BCUT2D eigenvalue weighted by molar-refractivity contribution is 7.91. The molecule has 16 heavy (non-hydrogen) atoms. The molecule has 1 aliphatic carbocycles. The third kappa shape index (κ3) is 2.74. The third-order valence-electron chi connectivity index (χ3n) is 3.68. The summed E-state index contributed by atoms with van der Waals surface area (Å²) in [4.78, 5) is 0. The standard InChI is InChI=1S/C11H18N2O2S/c12-6-10-2-1-3-11(10)13-7-9-4-5-16(14,15)8-9/h9-11,13H,1-5,7-8H2. The van der Waals surface area contributed by atoms with Gasteiger partial charge in [-0.25, -0.2) is 8.42 Å². The van der Waals surface area contributed by atoms with Crippen LogP contribution in [0, 0.1) is 23.2 Å². The molecule has 4 nitrogen and oxygen atoms in total. The number of rotatable bonds is 3. The van der Waals surface area contributed by atoms with Crippen molar-refractivity contribution >= 4 is 9.84 Å². The zero-order valence-electron chi connectivity index (χ0n) is 9.35. The molecular formula is C11H18N2O2S. The molecule has 3 atom stereocenters. The van der Waals surface area contributed by atoms with Gasteiger partial charge in [-0.15, -0.1) is 0 Å². The lowest BCUT2D eigenvalue weighted by molar-refractivity contribution is 0.419. The Kier molecular flexibility index (Phi) is 3.50. The zero-order valence-corrected chi connectivity index (χ0v) is 10.2. The van der Waals surface area contributed by atoms with Crippen molar-refractivity contribution in [3.05, 3.63) is 0 Å². The second-order valence-corrected chi connectivity index (χ2v) is 7.18. The van der Waals surface area contributed by atoms with Crippen molar-refractivity contribution < 1.29 is 8.42 Å². The number of sulfone groups is 1. The second kappa shape index (κ2) is 4.72. The molecule has 3 unspecified atom stereocenters. The zero-order chi connectivity index (χ0) is 11.6. The maximum atomic E-state index is 11.3. The molecular weight excluding hydrogens is 224 g/mol. The van der Waals surface area contributed by atoms with Crippen LogP contribution in [0.25, 0.3) is 0 Å². The Bertz CT molecular complexity index is 385. The lowest BCUT2D eigenvalue weighted by Gasteiger charge is -2.17. The van der Waals surface area contributed by atoms with E-state index in [0.717, 1.165) is 32.2 Å². The molecule has 1 heterocycles. The molecule has 1 saturated carbocycles. The fourth-order valence-electron chi connectivity index (χ4n) is 2.71. The van der Waals surface area contributed by atoms with E-state index >= 15 is 0 Å². The van der Waals surface area contributed by atoms with Crippen LogP contribution in [0.2, 0.25) is 0 Å². The van der Waals surface area contributed by atoms with Crippen LogP contribution in [0.15, 0.2) is 0 Å². The van der Waals surface area contributed by atoms with Gasteiger partial charge in [0, 0.05) is 6.04 Å². The van der Waals surface area contributed by atoms with Crippen LogP contribution in [0.5, 0.6) is 0 Å². The first-order valence-corrected chi connectivity index (χ1v) is 7.76. The van der Waals surface area contributed by atoms with Crippen LogP contribution >= 0.6 is 0 Å². The SMILES string of the molecule is N#CC1CCCC1NCC1CCS(=O)(=O)C1. The van der Waals surface area contributed by atoms with Crippen LogP contribution in [0.3, 0.4) is 0 Å². The lowest BCUT2D eigenvalue weighted by Crippen LogP contribution is -2.35. The van der Waals surface area contributed by atoms with Crippen LogP contribution in [-0.2, 0) is 9.84 Å². The Morgan fingerprint density at radius 2 is 2.12 bits per heavy atom. The van der Waals surface area contributed by atoms with Gasteiger partial charge in [0.05, 0.1) is 23.5 Å². The summed E-state index contributed by atoms with van der Waals surface area (Å²) in [6.45, 7) is 0.752. The van der Waals surface area contributed by atoms with Crippen molar-refractivity contribution in [2.45, 2.75) is 31.7 Å². The van der Waals surface area contributed by atoms with Gasteiger partial charge in [0.2, 0.25) is 0 Å². The normalized spacial score (nSPS) is 37.3. The summed E-state index contributed by atoms with van der Waals surface area (Å²) < 4.78 is 22.6. The molecule has 0 spiro atoms. The van der Waals surface area contributed by atoms with E-state index in [-0.39, 0.29) is 17.9 Å². The molecule has 2 fully saturated rings. The second-order valence-electron chi connectivity index (χ2n) is 4.95. The Balaban J connectivity index is 1.78. The Morgan fingerprint density at radius 1 is 1.31 bits per heavy atom. The number of nitrogens with zero attached hydrogens (tertiary/aromatic N) is 1. The van der Waals surface area contributed by atoms with Gasteiger partial charge in [-0.05, 0) is 31.7 Å². The summed E-state index contributed by atoms with van der Waals surface area (Å²) in [6.07, 6.45) is 3.92. The first kappa shape index (κ1) is 11.9. The predicted molar refractivity (Wildman–Crippen MR) is 61.5 cm³/mol. The van der Waals surface area contributed by atoms with Crippen molar-refractivity contribution in [1.82, 2.24) is 5.32 Å². The Morgan fingerprint density at radius 3 is 2.75 bits per heavy atom. The largest absolute Gasteiger partial charge is 0.312 e. The van der Waals surface area contributed by atoms with Crippen molar-refractivity contribution in [2.75, 3.05) is 18.1 Å². The maximum absolute atomic E-state index is 11.3. The van der Waals surface area contributed by atoms with Crippen molar-refractivity contribution in [3.63, 3.8) is 0 Å². The predicted octanol–water partition coefficient (Wildman–Crippen LogP) is 0.703. The molecule has 0 aromatic heterocycles. The first-order chi connectivity index (χ1) is 7.61. The minimum atomic E-state index is -2.77. The van der Waals surface area contributed by atoms with Gasteiger partial charge in [0.25, 0.3) is 0 Å². The molecule has 90 valence electrons. The summed E-state index contributed by atoms with van der Waals surface area (Å²) in [5.74, 6) is 1.04. The van der Waals surface area contributed by atoms with Gasteiger partial charge >= 0.3 is 0 Å². The molecule has 0 aromatic carbocycles. The molecule has 0 radical (unpaired) electrons. The van der Waals surface area contributed by atoms with Gasteiger partial charge in [0.15, 0.2) is 9.84 Å².